The zero-order valence-corrected chi connectivity index (χ0v) is 11.4. The number of fused-ring (bicyclic) bond motifs is 2. The summed E-state index contributed by atoms with van der Waals surface area (Å²) in [5.41, 5.74) is 5.84. The molecule has 0 bridgehead atoms. The average Bonchev–Trinajstić information content (AvgIpc) is 2.93. The minimum atomic E-state index is 0.892. The van der Waals surface area contributed by atoms with Gasteiger partial charge >= 0.3 is 0 Å². The Bertz CT molecular complexity index is 775. The Kier molecular flexibility index (Phi) is 2.49. The molecule has 0 saturated heterocycles. The van der Waals surface area contributed by atoms with Crippen molar-refractivity contribution >= 4 is 16.6 Å². The molecule has 100 valence electrons. The first-order valence-corrected chi connectivity index (χ1v) is 6.94. The maximum Gasteiger partial charge on any atom is 0.0925 e. The number of imidazole rings is 1. The first-order chi connectivity index (χ1) is 9.81. The second-order valence-electron chi connectivity index (χ2n) is 5.30. The lowest BCUT2D eigenvalue weighted by molar-refractivity contribution is 0.712. The van der Waals surface area contributed by atoms with Crippen molar-refractivity contribution in [2.24, 2.45) is 0 Å². The number of nitrogens with one attached hydrogen (secondary N) is 1. The van der Waals surface area contributed by atoms with Gasteiger partial charge in [0.2, 0.25) is 0 Å². The molecule has 0 saturated carbocycles. The van der Waals surface area contributed by atoms with Gasteiger partial charge in [-0.05, 0) is 19.1 Å². The van der Waals surface area contributed by atoms with Crippen LogP contribution in [0.1, 0.15) is 17.1 Å². The number of rotatable bonds is 1. The molecule has 0 unspecified atom stereocenters. The molecule has 3 heterocycles. The van der Waals surface area contributed by atoms with Gasteiger partial charge in [0.1, 0.15) is 0 Å². The van der Waals surface area contributed by atoms with E-state index in [1.807, 2.05) is 6.07 Å². The van der Waals surface area contributed by atoms with Crippen molar-refractivity contribution in [2.75, 3.05) is 11.4 Å². The van der Waals surface area contributed by atoms with Crippen LogP contribution in [0.25, 0.3) is 10.9 Å². The highest BCUT2D eigenvalue weighted by molar-refractivity contribution is 5.92. The molecule has 1 aliphatic rings. The molecule has 0 spiro atoms. The molecule has 0 amide bonds. The molecular formula is C16H16N4. The lowest BCUT2D eigenvalue weighted by Gasteiger charge is -2.29. The van der Waals surface area contributed by atoms with Crippen LogP contribution < -0.4 is 4.90 Å². The minimum absolute atomic E-state index is 0.892. The van der Waals surface area contributed by atoms with Crippen LogP contribution in [0.4, 0.5) is 5.69 Å². The molecule has 0 radical (unpaired) electrons. The minimum Gasteiger partial charge on any atom is -0.365 e. The largest absolute Gasteiger partial charge is 0.365 e. The van der Waals surface area contributed by atoms with Crippen LogP contribution in [0.3, 0.4) is 0 Å². The van der Waals surface area contributed by atoms with E-state index < -0.39 is 0 Å². The Labute approximate surface area is 117 Å². The summed E-state index contributed by atoms with van der Waals surface area (Å²) in [6.45, 7) is 3.95. The molecule has 2 aromatic heterocycles. The van der Waals surface area contributed by atoms with Gasteiger partial charge in [0, 0.05) is 29.7 Å². The topological polar surface area (TPSA) is 44.8 Å². The maximum atomic E-state index is 4.62. The number of hydrogen-bond acceptors (Lipinski definition) is 3. The molecule has 0 atom stereocenters. The van der Waals surface area contributed by atoms with Gasteiger partial charge in [0.05, 0.1) is 29.8 Å². The van der Waals surface area contributed by atoms with E-state index in [1.165, 1.54) is 22.5 Å². The van der Waals surface area contributed by atoms with Crippen LogP contribution in [0.2, 0.25) is 0 Å². The second-order valence-corrected chi connectivity index (χ2v) is 5.30. The Balaban J connectivity index is 1.83. The quantitative estimate of drug-likeness (QED) is 0.735. The second kappa shape index (κ2) is 4.34. The molecule has 1 aliphatic heterocycles. The fourth-order valence-corrected chi connectivity index (χ4v) is 2.97. The van der Waals surface area contributed by atoms with Crippen LogP contribution in [0, 0.1) is 6.92 Å². The smallest absolute Gasteiger partial charge is 0.0925 e. The first kappa shape index (κ1) is 11.5. The summed E-state index contributed by atoms with van der Waals surface area (Å²) in [6.07, 6.45) is 2.79. The normalized spacial score (nSPS) is 14.6. The summed E-state index contributed by atoms with van der Waals surface area (Å²) in [7, 11) is 0. The number of aromatic amines is 1. The highest BCUT2D eigenvalue weighted by Gasteiger charge is 2.20. The van der Waals surface area contributed by atoms with Crippen molar-refractivity contribution < 1.29 is 0 Å². The van der Waals surface area contributed by atoms with Gasteiger partial charge < -0.3 is 9.88 Å². The lowest BCUT2D eigenvalue weighted by Crippen LogP contribution is -2.30. The third-order valence-corrected chi connectivity index (χ3v) is 3.94. The zero-order valence-electron chi connectivity index (χ0n) is 11.4. The predicted octanol–water partition coefficient (Wildman–Crippen LogP) is 2.83. The van der Waals surface area contributed by atoms with E-state index in [-0.39, 0.29) is 0 Å². The molecular weight excluding hydrogens is 248 g/mol. The number of anilines is 1. The van der Waals surface area contributed by atoms with Crippen LogP contribution in [0.15, 0.2) is 36.7 Å². The van der Waals surface area contributed by atoms with E-state index in [4.69, 9.17) is 0 Å². The fourth-order valence-electron chi connectivity index (χ4n) is 2.97. The van der Waals surface area contributed by atoms with E-state index >= 15 is 0 Å². The lowest BCUT2D eigenvalue weighted by atomic mass is 10.1. The van der Waals surface area contributed by atoms with Crippen molar-refractivity contribution in [3.63, 3.8) is 0 Å². The van der Waals surface area contributed by atoms with E-state index in [9.17, 15) is 0 Å². The summed E-state index contributed by atoms with van der Waals surface area (Å²) in [5, 5.41) is 1.22. The highest BCUT2D eigenvalue weighted by Crippen LogP contribution is 2.29. The molecule has 3 aromatic rings. The third kappa shape index (κ3) is 1.76. The Morgan fingerprint density at radius 3 is 3.10 bits per heavy atom. The zero-order chi connectivity index (χ0) is 13.5. The van der Waals surface area contributed by atoms with Crippen LogP contribution in [-0.4, -0.2) is 21.5 Å². The molecule has 4 heteroatoms. The van der Waals surface area contributed by atoms with E-state index in [0.29, 0.717) is 0 Å². The van der Waals surface area contributed by atoms with Crippen molar-refractivity contribution in [3.8, 4) is 0 Å². The van der Waals surface area contributed by atoms with E-state index in [2.05, 4.69) is 51.0 Å². The first-order valence-electron chi connectivity index (χ1n) is 6.94. The number of hydrogen-bond donors (Lipinski definition) is 1. The van der Waals surface area contributed by atoms with E-state index in [1.54, 1.807) is 6.33 Å². The van der Waals surface area contributed by atoms with Crippen LogP contribution >= 0.6 is 0 Å². The molecule has 1 aromatic carbocycles. The average molecular weight is 264 g/mol. The summed E-state index contributed by atoms with van der Waals surface area (Å²) in [6, 6.07) is 10.5. The molecule has 20 heavy (non-hydrogen) atoms. The van der Waals surface area contributed by atoms with Crippen molar-refractivity contribution in [3.05, 3.63) is 53.7 Å². The summed E-state index contributed by atoms with van der Waals surface area (Å²) in [5.74, 6) is 0. The molecule has 0 aliphatic carbocycles. The van der Waals surface area contributed by atoms with Crippen molar-refractivity contribution in [1.29, 1.82) is 0 Å². The van der Waals surface area contributed by atoms with Crippen molar-refractivity contribution in [2.45, 2.75) is 19.9 Å². The van der Waals surface area contributed by atoms with Crippen LogP contribution in [0.5, 0.6) is 0 Å². The molecule has 0 fully saturated rings. The van der Waals surface area contributed by atoms with Gasteiger partial charge in [-0.1, -0.05) is 18.2 Å². The standard InChI is InChI=1S/C16H16N4/c1-11-8-16(12-4-2-3-5-13(12)19-11)20-7-6-14-15(9-20)18-10-17-14/h2-5,8,10H,6-7,9H2,1H3,(H,17,18). The number of pyridine rings is 1. The van der Waals surface area contributed by atoms with Gasteiger partial charge in [-0.3, -0.25) is 4.98 Å². The molecule has 4 nitrogen and oxygen atoms in total. The number of aryl methyl sites for hydroxylation is 1. The fraction of sp³-hybridized carbons (Fsp3) is 0.250. The summed E-state index contributed by atoms with van der Waals surface area (Å²) in [4.78, 5) is 14.7. The number of H-pyrrole nitrogens is 1. The van der Waals surface area contributed by atoms with Crippen molar-refractivity contribution in [1.82, 2.24) is 15.0 Å². The van der Waals surface area contributed by atoms with Gasteiger partial charge in [-0.15, -0.1) is 0 Å². The number of nitrogens with zero attached hydrogens (tertiary/aromatic N) is 3. The Morgan fingerprint density at radius 1 is 1.25 bits per heavy atom. The Morgan fingerprint density at radius 2 is 2.15 bits per heavy atom. The van der Waals surface area contributed by atoms with E-state index in [0.717, 1.165) is 30.7 Å². The maximum absolute atomic E-state index is 4.62. The third-order valence-electron chi connectivity index (χ3n) is 3.94. The van der Waals surface area contributed by atoms with Crippen LogP contribution in [-0.2, 0) is 13.0 Å². The number of para-hydroxylation sites is 1. The van der Waals surface area contributed by atoms with Gasteiger partial charge in [0.15, 0.2) is 0 Å². The summed E-state index contributed by atoms with van der Waals surface area (Å²) >= 11 is 0. The summed E-state index contributed by atoms with van der Waals surface area (Å²) < 4.78 is 0. The molecule has 1 N–H and O–H groups in total. The predicted molar refractivity (Wildman–Crippen MR) is 79.8 cm³/mol. The van der Waals surface area contributed by atoms with Gasteiger partial charge in [-0.2, -0.15) is 0 Å². The number of aromatic nitrogens is 3. The number of benzene rings is 1. The Hall–Kier alpha value is -2.36. The highest BCUT2D eigenvalue weighted by atomic mass is 15.2. The molecule has 4 rings (SSSR count). The van der Waals surface area contributed by atoms with Gasteiger partial charge in [-0.25, -0.2) is 4.98 Å². The van der Waals surface area contributed by atoms with Gasteiger partial charge in [0.25, 0.3) is 0 Å². The monoisotopic (exact) mass is 264 g/mol. The SMILES string of the molecule is Cc1cc(N2CCc3nc[nH]c3C2)c2ccccc2n1.